The van der Waals surface area contributed by atoms with E-state index in [-0.39, 0.29) is 0 Å². The summed E-state index contributed by atoms with van der Waals surface area (Å²) in [6, 6.07) is 8.93. The number of nitrogens with zero attached hydrogens (tertiary/aromatic N) is 2. The summed E-state index contributed by atoms with van der Waals surface area (Å²) in [6.07, 6.45) is 6.48. The Morgan fingerprint density at radius 2 is 1.90 bits per heavy atom. The zero-order chi connectivity index (χ0) is 14.7. The zero-order valence-electron chi connectivity index (χ0n) is 13.2. The van der Waals surface area contributed by atoms with Crippen LogP contribution in [0.3, 0.4) is 0 Å². The Morgan fingerprint density at radius 3 is 2.62 bits per heavy atom. The molecule has 1 aromatic carbocycles. The lowest BCUT2D eigenvalue weighted by atomic mass is 10.0. The standard InChI is InChI=1S/C18H28N2O/c1-2-17(16-8-4-5-9-18(16)21)20-13-10-15(14-20)19-11-6-3-7-12-19/h4-5,8-9,15,17,21H,2-3,6-7,10-14H2,1H3. The van der Waals surface area contributed by atoms with Crippen LogP contribution in [0.15, 0.2) is 24.3 Å². The first-order valence-electron chi connectivity index (χ1n) is 8.55. The third-order valence-electron chi connectivity index (χ3n) is 5.23. The minimum absolute atomic E-state index is 0.362. The molecule has 0 aromatic heterocycles. The predicted molar refractivity (Wildman–Crippen MR) is 86.5 cm³/mol. The van der Waals surface area contributed by atoms with E-state index in [1.807, 2.05) is 18.2 Å². The number of aromatic hydroxyl groups is 1. The molecule has 2 heterocycles. The smallest absolute Gasteiger partial charge is 0.120 e. The van der Waals surface area contributed by atoms with E-state index in [0.717, 1.165) is 31.1 Å². The van der Waals surface area contributed by atoms with Gasteiger partial charge in [0.25, 0.3) is 0 Å². The number of rotatable bonds is 4. The van der Waals surface area contributed by atoms with Gasteiger partial charge in [0.05, 0.1) is 0 Å². The normalized spacial score (nSPS) is 26.0. The molecular formula is C18H28N2O. The number of hydrogen-bond acceptors (Lipinski definition) is 3. The summed E-state index contributed by atoms with van der Waals surface area (Å²) in [5, 5.41) is 10.1. The van der Waals surface area contributed by atoms with Gasteiger partial charge < -0.3 is 5.11 Å². The fourth-order valence-corrected chi connectivity index (χ4v) is 4.08. The lowest BCUT2D eigenvalue weighted by Crippen LogP contribution is -2.41. The Morgan fingerprint density at radius 1 is 1.14 bits per heavy atom. The van der Waals surface area contributed by atoms with Gasteiger partial charge in [0.2, 0.25) is 0 Å². The molecule has 3 nitrogen and oxygen atoms in total. The maximum Gasteiger partial charge on any atom is 0.120 e. The van der Waals surface area contributed by atoms with E-state index in [0.29, 0.717) is 11.8 Å². The number of phenols is 1. The van der Waals surface area contributed by atoms with Crippen LogP contribution >= 0.6 is 0 Å². The van der Waals surface area contributed by atoms with Gasteiger partial charge in [-0.3, -0.25) is 9.80 Å². The van der Waals surface area contributed by atoms with Gasteiger partial charge in [-0.05, 0) is 44.8 Å². The molecule has 1 N–H and O–H groups in total. The van der Waals surface area contributed by atoms with E-state index in [2.05, 4.69) is 22.8 Å². The Bertz CT molecular complexity index is 456. The molecule has 116 valence electrons. The molecule has 0 spiro atoms. The molecule has 3 heteroatoms. The molecular weight excluding hydrogens is 260 g/mol. The second-order valence-corrected chi connectivity index (χ2v) is 6.52. The van der Waals surface area contributed by atoms with Crippen molar-refractivity contribution < 1.29 is 5.11 Å². The van der Waals surface area contributed by atoms with Crippen molar-refractivity contribution in [2.24, 2.45) is 0 Å². The highest BCUT2D eigenvalue weighted by molar-refractivity contribution is 5.34. The lowest BCUT2D eigenvalue weighted by molar-refractivity contribution is 0.150. The summed E-state index contributed by atoms with van der Waals surface area (Å²) in [7, 11) is 0. The summed E-state index contributed by atoms with van der Waals surface area (Å²) >= 11 is 0. The van der Waals surface area contributed by atoms with Gasteiger partial charge in [-0.15, -0.1) is 0 Å². The molecule has 3 rings (SSSR count). The molecule has 2 aliphatic heterocycles. The van der Waals surface area contributed by atoms with Crippen LogP contribution in [0.2, 0.25) is 0 Å². The van der Waals surface area contributed by atoms with Crippen molar-refractivity contribution in [2.45, 2.75) is 51.1 Å². The Labute approximate surface area is 128 Å². The van der Waals surface area contributed by atoms with E-state index in [9.17, 15) is 5.11 Å². The van der Waals surface area contributed by atoms with Gasteiger partial charge in [-0.1, -0.05) is 31.5 Å². The van der Waals surface area contributed by atoms with Crippen molar-refractivity contribution in [2.75, 3.05) is 26.2 Å². The first-order valence-corrected chi connectivity index (χ1v) is 8.55. The topological polar surface area (TPSA) is 26.7 Å². The van der Waals surface area contributed by atoms with Crippen molar-refractivity contribution in [3.63, 3.8) is 0 Å². The molecule has 2 aliphatic rings. The van der Waals surface area contributed by atoms with E-state index < -0.39 is 0 Å². The minimum Gasteiger partial charge on any atom is -0.508 e. The number of hydrogen-bond donors (Lipinski definition) is 1. The Hall–Kier alpha value is -1.06. The number of piperidine rings is 1. The first-order chi connectivity index (χ1) is 10.3. The molecule has 0 saturated carbocycles. The fraction of sp³-hybridized carbons (Fsp3) is 0.667. The molecule has 2 unspecified atom stereocenters. The van der Waals surface area contributed by atoms with Crippen molar-refractivity contribution in [3.05, 3.63) is 29.8 Å². The summed E-state index contributed by atoms with van der Waals surface area (Å²) in [5.41, 5.74) is 1.10. The van der Waals surface area contributed by atoms with Crippen molar-refractivity contribution in [1.29, 1.82) is 0 Å². The Kier molecular flexibility index (Phi) is 4.81. The van der Waals surface area contributed by atoms with Gasteiger partial charge in [-0.25, -0.2) is 0 Å². The number of para-hydroxylation sites is 1. The second-order valence-electron chi connectivity index (χ2n) is 6.52. The fourth-order valence-electron chi connectivity index (χ4n) is 4.08. The highest BCUT2D eigenvalue weighted by Gasteiger charge is 2.32. The van der Waals surface area contributed by atoms with Crippen molar-refractivity contribution in [1.82, 2.24) is 9.80 Å². The van der Waals surface area contributed by atoms with Crippen LogP contribution in [0.25, 0.3) is 0 Å². The van der Waals surface area contributed by atoms with E-state index in [1.165, 1.54) is 38.8 Å². The highest BCUT2D eigenvalue weighted by Crippen LogP contribution is 2.34. The second kappa shape index (κ2) is 6.80. The minimum atomic E-state index is 0.362. The average molecular weight is 288 g/mol. The van der Waals surface area contributed by atoms with E-state index in [1.54, 1.807) is 0 Å². The lowest BCUT2D eigenvalue weighted by Gasteiger charge is -2.33. The van der Waals surface area contributed by atoms with Gasteiger partial charge in [-0.2, -0.15) is 0 Å². The van der Waals surface area contributed by atoms with E-state index in [4.69, 9.17) is 0 Å². The predicted octanol–water partition coefficient (Wildman–Crippen LogP) is 3.40. The third-order valence-corrected chi connectivity index (χ3v) is 5.23. The van der Waals surface area contributed by atoms with Crippen molar-refractivity contribution >= 4 is 0 Å². The van der Waals surface area contributed by atoms with Crippen LogP contribution < -0.4 is 0 Å². The van der Waals surface area contributed by atoms with Crippen LogP contribution in [0.5, 0.6) is 5.75 Å². The van der Waals surface area contributed by atoms with Crippen LogP contribution in [0, 0.1) is 0 Å². The van der Waals surface area contributed by atoms with Gasteiger partial charge in [0.15, 0.2) is 0 Å². The van der Waals surface area contributed by atoms with Crippen LogP contribution in [0.4, 0.5) is 0 Å². The molecule has 0 amide bonds. The van der Waals surface area contributed by atoms with Crippen LogP contribution in [-0.4, -0.2) is 47.1 Å². The SMILES string of the molecule is CCC(c1ccccc1O)N1CCC(N2CCCCC2)C1. The molecule has 2 atom stereocenters. The molecule has 21 heavy (non-hydrogen) atoms. The molecule has 1 aromatic rings. The van der Waals surface area contributed by atoms with Gasteiger partial charge in [0.1, 0.15) is 5.75 Å². The van der Waals surface area contributed by atoms with Crippen LogP contribution in [0.1, 0.15) is 50.6 Å². The summed E-state index contributed by atoms with van der Waals surface area (Å²) in [6.45, 7) is 7.12. The van der Waals surface area contributed by atoms with Gasteiger partial charge >= 0.3 is 0 Å². The quantitative estimate of drug-likeness (QED) is 0.920. The maximum atomic E-state index is 10.1. The van der Waals surface area contributed by atoms with E-state index >= 15 is 0 Å². The summed E-state index contributed by atoms with van der Waals surface area (Å²) in [5.74, 6) is 0.450. The molecule has 2 fully saturated rings. The summed E-state index contributed by atoms with van der Waals surface area (Å²) in [4.78, 5) is 5.27. The first kappa shape index (κ1) is 14.9. The van der Waals surface area contributed by atoms with Crippen molar-refractivity contribution in [3.8, 4) is 5.75 Å². The Balaban J connectivity index is 1.67. The molecule has 0 aliphatic carbocycles. The largest absolute Gasteiger partial charge is 0.508 e. The number of likely N-dealkylation sites (tertiary alicyclic amines) is 2. The number of phenolic OH excluding ortho intramolecular Hbond substituents is 1. The monoisotopic (exact) mass is 288 g/mol. The number of benzene rings is 1. The van der Waals surface area contributed by atoms with Gasteiger partial charge in [0, 0.05) is 30.7 Å². The van der Waals surface area contributed by atoms with Crippen LogP contribution in [-0.2, 0) is 0 Å². The molecule has 0 radical (unpaired) electrons. The highest BCUT2D eigenvalue weighted by atomic mass is 16.3. The maximum absolute atomic E-state index is 10.1. The molecule has 0 bridgehead atoms. The third kappa shape index (κ3) is 3.24. The zero-order valence-corrected chi connectivity index (χ0v) is 13.2. The average Bonchev–Trinajstić information content (AvgIpc) is 3.00. The summed E-state index contributed by atoms with van der Waals surface area (Å²) < 4.78 is 0. The molecule has 2 saturated heterocycles.